The number of fused-ring (bicyclic) bond motifs is 1. The lowest BCUT2D eigenvalue weighted by molar-refractivity contribution is -0.178. The number of nitrogens with one attached hydrogen (secondary N) is 2. The maximum atomic E-state index is 13.2. The molecule has 33 heavy (non-hydrogen) atoms. The van der Waals surface area contributed by atoms with E-state index < -0.39 is 18.2 Å². The summed E-state index contributed by atoms with van der Waals surface area (Å²) in [6.45, 7) is 0.366. The van der Waals surface area contributed by atoms with Crippen molar-refractivity contribution in [2.45, 2.75) is 25.2 Å². The molecule has 0 saturated carbocycles. The number of hydrogen-bond acceptors (Lipinski definition) is 5. The molecule has 4 amide bonds. The van der Waals surface area contributed by atoms with Crippen molar-refractivity contribution in [1.82, 2.24) is 25.6 Å². The van der Waals surface area contributed by atoms with Gasteiger partial charge in [0.2, 0.25) is 11.8 Å². The Morgan fingerprint density at radius 3 is 2.55 bits per heavy atom. The van der Waals surface area contributed by atoms with Crippen molar-refractivity contribution in [2.75, 3.05) is 19.6 Å². The predicted octanol–water partition coefficient (Wildman–Crippen LogP) is 0.663. The zero-order valence-electron chi connectivity index (χ0n) is 18.0. The second-order valence-electron chi connectivity index (χ2n) is 7.93. The molecular weight excluding hydrogens is 422 g/mol. The summed E-state index contributed by atoms with van der Waals surface area (Å²) in [5.41, 5.74) is 1.72. The van der Waals surface area contributed by atoms with Crippen LogP contribution in [0.5, 0.6) is 5.75 Å². The lowest BCUT2D eigenvalue weighted by Gasteiger charge is -2.52. The van der Waals surface area contributed by atoms with E-state index in [1.54, 1.807) is 12.1 Å². The Labute approximate surface area is 191 Å². The van der Waals surface area contributed by atoms with Gasteiger partial charge in [0.25, 0.3) is 0 Å². The molecule has 2 fully saturated rings. The Kier molecular flexibility index (Phi) is 6.47. The van der Waals surface area contributed by atoms with E-state index in [4.69, 9.17) is 6.42 Å². The van der Waals surface area contributed by atoms with Gasteiger partial charge in [0, 0.05) is 13.0 Å². The average Bonchev–Trinajstić information content (AvgIpc) is 2.81. The maximum absolute atomic E-state index is 13.2. The van der Waals surface area contributed by atoms with E-state index in [0.29, 0.717) is 6.54 Å². The van der Waals surface area contributed by atoms with Crippen LogP contribution in [-0.2, 0) is 22.6 Å². The van der Waals surface area contributed by atoms with Crippen molar-refractivity contribution in [3.63, 3.8) is 0 Å². The van der Waals surface area contributed by atoms with Crippen LogP contribution in [0.1, 0.15) is 11.1 Å². The lowest BCUT2D eigenvalue weighted by atomic mass is 10.00. The molecule has 9 nitrogen and oxygen atoms in total. The smallest absolute Gasteiger partial charge is 0.334 e. The first-order valence-corrected chi connectivity index (χ1v) is 10.6. The molecule has 2 saturated heterocycles. The van der Waals surface area contributed by atoms with Crippen molar-refractivity contribution < 1.29 is 19.5 Å². The number of hydrazine groups is 1. The third kappa shape index (κ3) is 4.76. The first-order valence-electron chi connectivity index (χ1n) is 10.6. The van der Waals surface area contributed by atoms with Crippen molar-refractivity contribution in [3.8, 4) is 18.1 Å². The van der Waals surface area contributed by atoms with E-state index in [0.717, 1.165) is 11.1 Å². The molecule has 0 bridgehead atoms. The van der Waals surface area contributed by atoms with Gasteiger partial charge in [0.1, 0.15) is 18.0 Å². The van der Waals surface area contributed by atoms with E-state index in [9.17, 15) is 19.5 Å². The summed E-state index contributed by atoms with van der Waals surface area (Å²) >= 11 is 0. The Hall–Kier alpha value is -4.03. The number of phenols is 1. The van der Waals surface area contributed by atoms with Crippen LogP contribution in [-0.4, -0.2) is 69.7 Å². The highest BCUT2D eigenvalue weighted by Gasteiger charge is 2.48. The monoisotopic (exact) mass is 447 g/mol. The number of carbonyl (C=O) groups is 3. The van der Waals surface area contributed by atoms with Crippen molar-refractivity contribution in [1.29, 1.82) is 0 Å². The highest BCUT2D eigenvalue weighted by molar-refractivity contribution is 5.91. The number of phenolic OH excluding ortho intramolecular Hbond substituents is 1. The number of rotatable bonds is 5. The molecule has 3 N–H and O–H groups in total. The Bertz CT molecular complexity index is 1070. The van der Waals surface area contributed by atoms with Gasteiger partial charge in [-0.3, -0.25) is 9.59 Å². The summed E-state index contributed by atoms with van der Waals surface area (Å²) < 4.78 is 0. The van der Waals surface area contributed by atoms with Crippen LogP contribution < -0.4 is 10.6 Å². The van der Waals surface area contributed by atoms with Gasteiger partial charge in [-0.2, -0.15) is 5.01 Å². The summed E-state index contributed by atoms with van der Waals surface area (Å²) in [5.74, 6) is 2.05. The molecule has 0 spiro atoms. The average molecular weight is 447 g/mol. The topological polar surface area (TPSA) is 105 Å². The van der Waals surface area contributed by atoms with Crippen molar-refractivity contribution >= 4 is 17.8 Å². The van der Waals surface area contributed by atoms with E-state index >= 15 is 0 Å². The molecule has 2 aromatic rings. The normalized spacial score (nSPS) is 20.6. The Morgan fingerprint density at radius 2 is 1.85 bits per heavy atom. The summed E-state index contributed by atoms with van der Waals surface area (Å²) in [4.78, 5) is 40.5. The third-order valence-electron chi connectivity index (χ3n) is 5.75. The number of terminal acetylenes is 1. The van der Waals surface area contributed by atoms with Crippen LogP contribution in [0.15, 0.2) is 54.6 Å². The lowest BCUT2D eigenvalue weighted by Crippen LogP contribution is -2.76. The second kappa shape index (κ2) is 9.63. The van der Waals surface area contributed by atoms with E-state index in [1.165, 1.54) is 27.1 Å². The minimum absolute atomic E-state index is 0.0748. The number of piperazine rings is 1. The fourth-order valence-electron chi connectivity index (χ4n) is 4.19. The van der Waals surface area contributed by atoms with Gasteiger partial charge in [-0.15, -0.1) is 6.42 Å². The summed E-state index contributed by atoms with van der Waals surface area (Å²) in [6.07, 6.45) is 5.04. The number of amides is 4. The molecule has 0 radical (unpaired) electrons. The minimum Gasteiger partial charge on any atom is -0.508 e. The largest absolute Gasteiger partial charge is 0.508 e. The molecule has 2 aliphatic heterocycles. The third-order valence-corrected chi connectivity index (χ3v) is 5.75. The molecule has 0 aliphatic carbocycles. The quantitative estimate of drug-likeness (QED) is 0.585. The van der Waals surface area contributed by atoms with Gasteiger partial charge in [-0.1, -0.05) is 48.4 Å². The van der Waals surface area contributed by atoms with Gasteiger partial charge < -0.3 is 20.6 Å². The molecule has 0 aromatic heterocycles. The van der Waals surface area contributed by atoms with Crippen LogP contribution in [0, 0.1) is 12.3 Å². The molecule has 9 heteroatoms. The zero-order chi connectivity index (χ0) is 23.4. The zero-order valence-corrected chi connectivity index (χ0v) is 18.0. The first-order chi connectivity index (χ1) is 16.0. The standard InChI is InChI=1S/C24H25N5O4/c1-2-12-27-16-22(31)28-20(13-17-8-10-19(30)11-9-17)23(32)25-15-21(28)29(27)24(33)26-14-18-6-4-3-5-7-18/h1,3-11,20-21,30H,12-16H2,(H,25,32)(H,26,33)/t20-,21-/m0/s1. The number of nitrogens with zero attached hydrogens (tertiary/aromatic N) is 3. The van der Waals surface area contributed by atoms with Gasteiger partial charge in [-0.05, 0) is 23.3 Å². The summed E-state index contributed by atoms with van der Waals surface area (Å²) in [7, 11) is 0. The Balaban J connectivity index is 1.58. The molecule has 2 aliphatic rings. The van der Waals surface area contributed by atoms with Crippen LogP contribution in [0.4, 0.5) is 4.79 Å². The molecule has 2 aromatic carbocycles. The van der Waals surface area contributed by atoms with Crippen LogP contribution in [0.3, 0.4) is 0 Å². The fraction of sp³-hybridized carbons (Fsp3) is 0.292. The molecule has 170 valence electrons. The fourth-order valence-corrected chi connectivity index (χ4v) is 4.19. The van der Waals surface area contributed by atoms with E-state index in [-0.39, 0.29) is 43.6 Å². The summed E-state index contributed by atoms with van der Waals surface area (Å²) in [6, 6.07) is 14.7. The highest BCUT2D eigenvalue weighted by Crippen LogP contribution is 2.25. The molecular formula is C24H25N5O4. The minimum atomic E-state index is -0.793. The molecule has 4 rings (SSSR count). The van der Waals surface area contributed by atoms with Gasteiger partial charge in [-0.25, -0.2) is 9.80 Å². The number of hydrogen-bond donors (Lipinski definition) is 3. The number of carbonyl (C=O) groups excluding carboxylic acids is 3. The van der Waals surface area contributed by atoms with Gasteiger partial charge >= 0.3 is 6.03 Å². The van der Waals surface area contributed by atoms with Crippen molar-refractivity contribution in [3.05, 3.63) is 65.7 Å². The van der Waals surface area contributed by atoms with Crippen LogP contribution in [0.25, 0.3) is 0 Å². The predicted molar refractivity (Wildman–Crippen MR) is 120 cm³/mol. The summed E-state index contributed by atoms with van der Waals surface area (Å²) in [5, 5.41) is 18.2. The van der Waals surface area contributed by atoms with Crippen LogP contribution >= 0.6 is 0 Å². The molecule has 2 atom stereocenters. The van der Waals surface area contributed by atoms with Crippen molar-refractivity contribution in [2.24, 2.45) is 0 Å². The Morgan fingerprint density at radius 1 is 1.12 bits per heavy atom. The first kappa shape index (κ1) is 22.2. The number of urea groups is 1. The molecule has 2 heterocycles. The second-order valence-corrected chi connectivity index (χ2v) is 7.93. The van der Waals surface area contributed by atoms with E-state index in [1.807, 2.05) is 30.3 Å². The van der Waals surface area contributed by atoms with E-state index in [2.05, 4.69) is 16.6 Å². The molecule has 0 unspecified atom stereocenters. The maximum Gasteiger partial charge on any atom is 0.334 e. The van der Waals surface area contributed by atoms with Crippen LogP contribution in [0.2, 0.25) is 0 Å². The number of aromatic hydroxyl groups is 1. The van der Waals surface area contributed by atoms with Gasteiger partial charge in [0.15, 0.2) is 0 Å². The SMILES string of the molecule is C#CCN1CC(=O)N2[C@@H](Cc3ccc(O)cc3)C(=O)NC[C@@H]2N1C(=O)NCc1ccccc1. The van der Waals surface area contributed by atoms with Gasteiger partial charge in [0.05, 0.1) is 19.6 Å². The number of benzene rings is 2. The highest BCUT2D eigenvalue weighted by atomic mass is 16.3.